The number of ether oxygens (including phenoxy) is 1. The first-order chi connectivity index (χ1) is 9.36. The highest BCUT2D eigenvalue weighted by atomic mass is 35.5. The van der Waals surface area contributed by atoms with Gasteiger partial charge in [-0.25, -0.2) is 0 Å². The van der Waals surface area contributed by atoms with Gasteiger partial charge in [-0.3, -0.25) is 0 Å². The monoisotopic (exact) mass is 299 g/mol. The van der Waals surface area contributed by atoms with Gasteiger partial charge in [-0.2, -0.15) is 0 Å². The van der Waals surface area contributed by atoms with Crippen molar-refractivity contribution in [1.29, 1.82) is 0 Å². The number of hydrogen-bond acceptors (Lipinski definition) is 1. The molecular formula is C14H12BClF3O-. The molecule has 1 nitrogen and oxygen atoms in total. The average Bonchev–Trinajstić information content (AvgIpc) is 2.38. The molecule has 2 aromatic carbocycles. The molecule has 6 heteroatoms. The van der Waals surface area contributed by atoms with Crippen LogP contribution in [0.1, 0.15) is 11.1 Å². The largest absolute Gasteiger partial charge is 0.513 e. The predicted molar refractivity (Wildman–Crippen MR) is 75.7 cm³/mol. The van der Waals surface area contributed by atoms with Crippen molar-refractivity contribution in [2.75, 3.05) is 0 Å². The Balaban J connectivity index is 2.19. The molecule has 0 bridgehead atoms. The summed E-state index contributed by atoms with van der Waals surface area (Å²) >= 11 is 5.74. The van der Waals surface area contributed by atoms with Crippen molar-refractivity contribution in [2.24, 2.45) is 0 Å². The maximum absolute atomic E-state index is 13.0. The van der Waals surface area contributed by atoms with E-state index >= 15 is 0 Å². The van der Waals surface area contributed by atoms with E-state index in [1.807, 2.05) is 0 Å². The van der Waals surface area contributed by atoms with E-state index in [0.29, 0.717) is 10.6 Å². The third-order valence-corrected chi connectivity index (χ3v) is 3.08. The molecule has 0 spiro atoms. The summed E-state index contributed by atoms with van der Waals surface area (Å²) in [7, 11) is 0. The Morgan fingerprint density at radius 1 is 1.05 bits per heavy atom. The van der Waals surface area contributed by atoms with Gasteiger partial charge in [0.15, 0.2) is 0 Å². The summed E-state index contributed by atoms with van der Waals surface area (Å²) in [6.45, 7) is -3.40. The molecule has 2 aromatic rings. The molecule has 0 aromatic heterocycles. The summed E-state index contributed by atoms with van der Waals surface area (Å²) < 4.78 is 44.2. The van der Waals surface area contributed by atoms with Gasteiger partial charge < -0.3 is 17.7 Å². The van der Waals surface area contributed by atoms with Gasteiger partial charge in [0.25, 0.3) is 0 Å². The van der Waals surface area contributed by atoms with Crippen LogP contribution in [-0.2, 0) is 6.61 Å². The fraction of sp³-hybridized carbons (Fsp3) is 0.143. The lowest BCUT2D eigenvalue weighted by Crippen LogP contribution is -2.35. The standard InChI is InChI=1S/C14H12BClF3O/c1-10-2-7-14(13(8-10)15(17,18)19)20-9-11-3-5-12(16)6-4-11/h2-8H,9H2,1H3/q-1. The van der Waals surface area contributed by atoms with E-state index < -0.39 is 12.4 Å². The number of benzene rings is 2. The van der Waals surface area contributed by atoms with Crippen molar-refractivity contribution in [1.82, 2.24) is 0 Å². The summed E-state index contributed by atoms with van der Waals surface area (Å²) in [5.74, 6) is -0.141. The second-order valence-electron chi connectivity index (χ2n) is 4.53. The van der Waals surface area contributed by atoms with E-state index in [0.717, 1.165) is 11.6 Å². The van der Waals surface area contributed by atoms with Crippen LogP contribution in [0.3, 0.4) is 0 Å². The van der Waals surface area contributed by atoms with Crippen molar-refractivity contribution >= 4 is 24.0 Å². The predicted octanol–water partition coefficient (Wildman–Crippen LogP) is 4.28. The first-order valence-corrected chi connectivity index (χ1v) is 6.42. The van der Waals surface area contributed by atoms with Gasteiger partial charge in [-0.05, 0) is 30.7 Å². The molecular weight excluding hydrogens is 287 g/mol. The highest BCUT2D eigenvalue weighted by molar-refractivity contribution is 6.74. The lowest BCUT2D eigenvalue weighted by atomic mass is 9.78. The first-order valence-electron chi connectivity index (χ1n) is 6.04. The fourth-order valence-electron chi connectivity index (χ4n) is 1.80. The maximum Gasteiger partial charge on any atom is 0.513 e. The molecule has 0 saturated carbocycles. The van der Waals surface area contributed by atoms with E-state index in [9.17, 15) is 12.9 Å². The molecule has 20 heavy (non-hydrogen) atoms. The third-order valence-electron chi connectivity index (χ3n) is 2.83. The molecule has 0 saturated heterocycles. The minimum atomic E-state index is -5.09. The lowest BCUT2D eigenvalue weighted by Gasteiger charge is -2.20. The highest BCUT2D eigenvalue weighted by Crippen LogP contribution is 2.20. The summed E-state index contributed by atoms with van der Waals surface area (Å²) in [6, 6.07) is 10.8. The Labute approximate surface area is 120 Å². The third kappa shape index (κ3) is 3.70. The quantitative estimate of drug-likeness (QED) is 0.766. The minimum absolute atomic E-state index is 0.0688. The van der Waals surface area contributed by atoms with Crippen molar-refractivity contribution < 1.29 is 17.7 Å². The van der Waals surface area contributed by atoms with Gasteiger partial charge in [-0.15, -0.1) is 0 Å². The van der Waals surface area contributed by atoms with Gasteiger partial charge in [0.05, 0.1) is 5.75 Å². The fourth-order valence-corrected chi connectivity index (χ4v) is 1.92. The van der Waals surface area contributed by atoms with Crippen molar-refractivity contribution in [2.45, 2.75) is 13.5 Å². The van der Waals surface area contributed by atoms with Gasteiger partial charge in [-0.1, -0.05) is 46.9 Å². The highest BCUT2D eigenvalue weighted by Gasteiger charge is 2.29. The van der Waals surface area contributed by atoms with Crippen LogP contribution in [0.25, 0.3) is 0 Å². The Morgan fingerprint density at radius 3 is 2.30 bits per heavy atom. The summed E-state index contributed by atoms with van der Waals surface area (Å²) in [5, 5.41) is 0.573. The topological polar surface area (TPSA) is 9.23 Å². The smallest absolute Gasteiger partial charge is 0.492 e. The van der Waals surface area contributed by atoms with Crippen molar-refractivity contribution in [3.8, 4) is 5.75 Å². The second kappa shape index (κ2) is 5.79. The Kier molecular flexibility index (Phi) is 4.28. The average molecular weight is 300 g/mol. The summed E-state index contributed by atoms with van der Waals surface area (Å²) in [5.41, 5.74) is 0.618. The Hall–Kier alpha value is -1.62. The molecule has 106 valence electrons. The number of halogens is 4. The minimum Gasteiger partial charge on any atom is -0.492 e. The lowest BCUT2D eigenvalue weighted by molar-refractivity contribution is 0.307. The Bertz CT molecular complexity index is 596. The number of rotatable bonds is 4. The molecule has 0 aliphatic carbocycles. The van der Waals surface area contributed by atoms with E-state index in [4.69, 9.17) is 16.3 Å². The first kappa shape index (κ1) is 14.8. The van der Waals surface area contributed by atoms with E-state index in [1.54, 1.807) is 37.3 Å². The molecule has 0 atom stereocenters. The van der Waals surface area contributed by atoms with Crippen LogP contribution in [0.15, 0.2) is 42.5 Å². The molecule has 0 unspecified atom stereocenters. The zero-order valence-corrected chi connectivity index (χ0v) is 11.5. The van der Waals surface area contributed by atoms with Gasteiger partial charge >= 0.3 is 6.98 Å². The molecule has 0 N–H and O–H groups in total. The van der Waals surface area contributed by atoms with Crippen LogP contribution < -0.4 is 10.2 Å². The van der Waals surface area contributed by atoms with Crippen LogP contribution in [0.5, 0.6) is 5.75 Å². The van der Waals surface area contributed by atoms with Gasteiger partial charge in [0.2, 0.25) is 0 Å². The Morgan fingerprint density at radius 2 is 1.70 bits per heavy atom. The second-order valence-corrected chi connectivity index (χ2v) is 4.97. The van der Waals surface area contributed by atoms with Crippen LogP contribution in [0.2, 0.25) is 5.02 Å². The van der Waals surface area contributed by atoms with Crippen LogP contribution in [-0.4, -0.2) is 6.98 Å². The van der Waals surface area contributed by atoms with Crippen LogP contribution in [0.4, 0.5) is 12.9 Å². The van der Waals surface area contributed by atoms with Gasteiger partial charge in [0.1, 0.15) is 6.61 Å². The van der Waals surface area contributed by atoms with Crippen molar-refractivity contribution in [3.05, 3.63) is 58.6 Å². The number of hydrogen-bond donors (Lipinski definition) is 0. The van der Waals surface area contributed by atoms with Gasteiger partial charge in [0, 0.05) is 5.02 Å². The molecule has 0 heterocycles. The summed E-state index contributed by atoms with van der Waals surface area (Å²) in [6.07, 6.45) is 0. The van der Waals surface area contributed by atoms with Crippen LogP contribution in [0, 0.1) is 6.92 Å². The molecule has 0 aliphatic heterocycles. The molecule has 0 aliphatic rings. The molecule has 0 amide bonds. The number of aryl methyl sites for hydroxylation is 1. The normalized spacial score (nSPS) is 11.4. The SMILES string of the molecule is Cc1ccc(OCc2ccc(Cl)cc2)c([B-](F)(F)F)c1. The zero-order valence-electron chi connectivity index (χ0n) is 10.7. The van der Waals surface area contributed by atoms with E-state index in [1.165, 1.54) is 6.07 Å². The molecule has 0 radical (unpaired) electrons. The van der Waals surface area contributed by atoms with E-state index in [2.05, 4.69) is 0 Å². The van der Waals surface area contributed by atoms with Crippen molar-refractivity contribution in [3.63, 3.8) is 0 Å². The zero-order chi connectivity index (χ0) is 14.8. The van der Waals surface area contributed by atoms with Crippen LogP contribution >= 0.6 is 11.6 Å². The summed E-state index contributed by atoms with van der Waals surface area (Å²) in [4.78, 5) is 0. The van der Waals surface area contributed by atoms with E-state index in [-0.39, 0.29) is 12.4 Å². The molecule has 0 fully saturated rings. The molecule has 2 rings (SSSR count). The maximum atomic E-state index is 13.0.